The monoisotopic (exact) mass is 264 g/mol. The second-order valence-electron chi connectivity index (χ2n) is 2.94. The van der Waals surface area contributed by atoms with Gasteiger partial charge in [-0.25, -0.2) is 13.2 Å². The third kappa shape index (κ3) is 1.79. The van der Waals surface area contributed by atoms with Crippen LogP contribution >= 0.6 is 10.7 Å². The van der Waals surface area contributed by atoms with Gasteiger partial charge in [0.05, 0.1) is 5.56 Å². The molecule has 0 aromatic heterocycles. The first kappa shape index (κ1) is 11.0. The van der Waals surface area contributed by atoms with Gasteiger partial charge in [-0.2, -0.15) is 0 Å². The number of carboxylic acids is 1. The number of hydrogen-bond acceptors (Lipinski definition) is 5. The molecule has 0 atom stereocenters. The van der Waals surface area contributed by atoms with Crippen molar-refractivity contribution in [2.24, 2.45) is 0 Å². The van der Waals surface area contributed by atoms with E-state index in [1.807, 2.05) is 0 Å². The number of hydrogen-bond donors (Lipinski definition) is 1. The Bertz CT molecular complexity index is 564. The number of carbonyl (C=O) groups is 1. The van der Waals surface area contributed by atoms with Gasteiger partial charge < -0.3 is 14.6 Å². The molecule has 16 heavy (non-hydrogen) atoms. The standard InChI is InChI=1S/C8H5ClO6S/c9-16(12,13)7-2-6-5(14-3-15-6)1-4(7)8(10)11/h1-2H,3H2,(H,10,11). The number of fused-ring (bicyclic) bond motifs is 1. The fourth-order valence-corrected chi connectivity index (χ4v) is 2.33. The highest BCUT2D eigenvalue weighted by Gasteiger charge is 2.26. The Kier molecular flexibility index (Phi) is 2.43. The smallest absolute Gasteiger partial charge is 0.337 e. The zero-order valence-corrected chi connectivity index (χ0v) is 9.21. The highest BCUT2D eigenvalue weighted by atomic mass is 35.7. The van der Waals surface area contributed by atoms with Crippen molar-refractivity contribution < 1.29 is 27.8 Å². The first-order chi connectivity index (χ1) is 7.39. The molecule has 1 aliphatic rings. The van der Waals surface area contributed by atoms with E-state index in [-0.39, 0.29) is 18.3 Å². The second-order valence-corrected chi connectivity index (χ2v) is 5.48. The lowest BCUT2D eigenvalue weighted by Crippen LogP contribution is -2.04. The SMILES string of the molecule is O=C(O)c1cc2c(cc1S(=O)(=O)Cl)OCO2. The van der Waals surface area contributed by atoms with Crippen molar-refractivity contribution in [3.63, 3.8) is 0 Å². The molecule has 1 aromatic rings. The van der Waals surface area contributed by atoms with Crippen LogP contribution in [0.2, 0.25) is 0 Å². The van der Waals surface area contributed by atoms with E-state index in [2.05, 4.69) is 0 Å². The van der Waals surface area contributed by atoms with E-state index in [9.17, 15) is 13.2 Å². The van der Waals surface area contributed by atoms with E-state index in [0.717, 1.165) is 12.1 Å². The predicted octanol–water partition coefficient (Wildman–Crippen LogP) is 1.04. The maximum atomic E-state index is 11.2. The van der Waals surface area contributed by atoms with Crippen LogP contribution in [0.1, 0.15) is 10.4 Å². The molecule has 86 valence electrons. The molecular formula is C8H5ClO6S. The van der Waals surface area contributed by atoms with Gasteiger partial charge in [-0.3, -0.25) is 0 Å². The lowest BCUT2D eigenvalue weighted by molar-refractivity contribution is 0.0692. The lowest BCUT2D eigenvalue weighted by Gasteiger charge is -2.04. The van der Waals surface area contributed by atoms with Crippen molar-refractivity contribution >= 4 is 25.7 Å². The molecule has 0 saturated carbocycles. The van der Waals surface area contributed by atoms with E-state index in [1.54, 1.807) is 0 Å². The maximum absolute atomic E-state index is 11.2. The van der Waals surface area contributed by atoms with Crippen LogP contribution in [0.4, 0.5) is 0 Å². The molecule has 2 rings (SSSR count). The van der Waals surface area contributed by atoms with Gasteiger partial charge >= 0.3 is 5.97 Å². The number of benzene rings is 1. The number of rotatable bonds is 2. The molecule has 1 heterocycles. The van der Waals surface area contributed by atoms with E-state index in [1.165, 1.54) is 0 Å². The zero-order valence-electron chi connectivity index (χ0n) is 7.64. The molecule has 0 radical (unpaired) electrons. The minimum absolute atomic E-state index is 0.0832. The van der Waals surface area contributed by atoms with Crippen molar-refractivity contribution in [2.75, 3.05) is 6.79 Å². The molecule has 1 aliphatic heterocycles. The zero-order chi connectivity index (χ0) is 11.9. The van der Waals surface area contributed by atoms with E-state index in [4.69, 9.17) is 25.3 Å². The van der Waals surface area contributed by atoms with Crippen LogP contribution in [0, 0.1) is 0 Å². The summed E-state index contributed by atoms with van der Waals surface area (Å²) in [5.74, 6) is -1.07. The molecule has 0 unspecified atom stereocenters. The Morgan fingerprint density at radius 3 is 2.38 bits per heavy atom. The molecule has 0 fully saturated rings. The number of aromatic carboxylic acids is 1. The molecule has 6 nitrogen and oxygen atoms in total. The topological polar surface area (TPSA) is 89.9 Å². The molecule has 0 bridgehead atoms. The molecule has 1 N–H and O–H groups in total. The van der Waals surface area contributed by atoms with Gasteiger partial charge in [-0.1, -0.05) is 0 Å². The summed E-state index contributed by atoms with van der Waals surface area (Å²) < 4.78 is 32.2. The van der Waals surface area contributed by atoms with Gasteiger partial charge in [0.25, 0.3) is 9.05 Å². The molecule has 0 saturated heterocycles. The normalized spacial score (nSPS) is 13.8. The molecule has 0 amide bonds. The fourth-order valence-electron chi connectivity index (χ4n) is 1.29. The Balaban J connectivity index is 2.72. The summed E-state index contributed by atoms with van der Waals surface area (Å²) in [6.07, 6.45) is 0. The van der Waals surface area contributed by atoms with Crippen LogP contribution in [-0.4, -0.2) is 26.3 Å². The third-order valence-corrected chi connectivity index (χ3v) is 3.33. The number of carboxylic acid groups (broad SMARTS) is 1. The minimum Gasteiger partial charge on any atom is -0.478 e. The molecule has 0 aliphatic carbocycles. The van der Waals surface area contributed by atoms with Gasteiger partial charge in [0.15, 0.2) is 11.5 Å². The van der Waals surface area contributed by atoms with Crippen LogP contribution < -0.4 is 9.47 Å². The average Bonchev–Trinajstić information content (AvgIpc) is 2.60. The second kappa shape index (κ2) is 3.53. The maximum Gasteiger partial charge on any atom is 0.337 e. The van der Waals surface area contributed by atoms with Gasteiger partial charge in [0.2, 0.25) is 6.79 Å². The first-order valence-electron chi connectivity index (χ1n) is 4.01. The summed E-state index contributed by atoms with van der Waals surface area (Å²) in [4.78, 5) is 10.3. The minimum atomic E-state index is -4.14. The fraction of sp³-hybridized carbons (Fsp3) is 0.125. The Morgan fingerprint density at radius 1 is 1.31 bits per heavy atom. The van der Waals surface area contributed by atoms with Crippen molar-refractivity contribution in [3.05, 3.63) is 17.7 Å². The van der Waals surface area contributed by atoms with Crippen molar-refractivity contribution in [1.82, 2.24) is 0 Å². The van der Waals surface area contributed by atoms with Crippen LogP contribution in [0.3, 0.4) is 0 Å². The summed E-state index contributed by atoms with van der Waals surface area (Å²) in [7, 11) is 0.978. The predicted molar refractivity (Wildman–Crippen MR) is 52.6 cm³/mol. The van der Waals surface area contributed by atoms with Crippen molar-refractivity contribution in [1.29, 1.82) is 0 Å². The van der Waals surface area contributed by atoms with Gasteiger partial charge in [0, 0.05) is 22.8 Å². The number of ether oxygens (including phenoxy) is 2. The lowest BCUT2D eigenvalue weighted by atomic mass is 10.2. The van der Waals surface area contributed by atoms with E-state index >= 15 is 0 Å². The molecule has 1 aromatic carbocycles. The van der Waals surface area contributed by atoms with Crippen LogP contribution in [0.5, 0.6) is 11.5 Å². The van der Waals surface area contributed by atoms with Crippen LogP contribution in [0.25, 0.3) is 0 Å². The Labute approximate surface area is 94.8 Å². The summed E-state index contributed by atoms with van der Waals surface area (Å²) in [5.41, 5.74) is -0.445. The third-order valence-electron chi connectivity index (χ3n) is 1.97. The summed E-state index contributed by atoms with van der Waals surface area (Å²) in [6, 6.07) is 2.11. The average molecular weight is 265 g/mol. The van der Waals surface area contributed by atoms with Crippen LogP contribution in [-0.2, 0) is 9.05 Å². The Hall–Kier alpha value is -1.47. The molecule has 8 heteroatoms. The van der Waals surface area contributed by atoms with Gasteiger partial charge in [-0.15, -0.1) is 0 Å². The van der Waals surface area contributed by atoms with Crippen LogP contribution in [0.15, 0.2) is 17.0 Å². The highest BCUT2D eigenvalue weighted by molar-refractivity contribution is 8.13. The summed E-state index contributed by atoms with van der Waals surface area (Å²) in [6.45, 7) is -0.0832. The van der Waals surface area contributed by atoms with E-state index < -0.39 is 25.5 Å². The first-order valence-corrected chi connectivity index (χ1v) is 6.32. The quantitative estimate of drug-likeness (QED) is 0.803. The molecule has 0 spiro atoms. The van der Waals surface area contributed by atoms with E-state index in [0.29, 0.717) is 0 Å². The van der Waals surface area contributed by atoms with Crippen molar-refractivity contribution in [3.8, 4) is 11.5 Å². The van der Waals surface area contributed by atoms with Gasteiger partial charge in [-0.05, 0) is 0 Å². The van der Waals surface area contributed by atoms with Crippen molar-refractivity contribution in [2.45, 2.75) is 4.90 Å². The summed E-state index contributed by atoms with van der Waals surface area (Å²) in [5, 5.41) is 8.84. The Morgan fingerprint density at radius 2 is 1.88 bits per heavy atom. The largest absolute Gasteiger partial charge is 0.478 e. The molecular weight excluding hydrogens is 260 g/mol. The summed E-state index contributed by atoms with van der Waals surface area (Å²) >= 11 is 0. The van der Waals surface area contributed by atoms with Gasteiger partial charge in [0.1, 0.15) is 4.90 Å². The highest BCUT2D eigenvalue weighted by Crippen LogP contribution is 2.37. The number of halogens is 1.